The molecule has 0 unspecified atom stereocenters. The Labute approximate surface area is 93.2 Å². The van der Waals surface area contributed by atoms with Crippen molar-refractivity contribution >= 4 is 17.5 Å². The van der Waals surface area contributed by atoms with Crippen LogP contribution >= 0.6 is 0 Å². The molecule has 0 aliphatic heterocycles. The highest BCUT2D eigenvalue weighted by molar-refractivity contribution is 6.19. The molecule has 1 amide bonds. The Hall–Kier alpha value is -1.91. The Bertz CT molecular complexity index is 404. The average molecular weight is 223 g/mol. The highest BCUT2D eigenvalue weighted by atomic mass is 16.5. The lowest BCUT2D eigenvalue weighted by atomic mass is 10.1. The molecule has 5 nitrogen and oxygen atoms in total. The largest absolute Gasteiger partial charge is 0.493 e. The zero-order chi connectivity index (χ0) is 12.3. The molecule has 1 aliphatic rings. The molecule has 0 atom stereocenters. The molecule has 86 valence electrons. The van der Waals surface area contributed by atoms with Crippen LogP contribution in [0.1, 0.15) is 13.8 Å². The fraction of sp³-hybridized carbons (Fsp3) is 0.364. The maximum Gasteiger partial charge on any atom is 0.227 e. The summed E-state index contributed by atoms with van der Waals surface area (Å²) in [5.41, 5.74) is -0.00972. The van der Waals surface area contributed by atoms with Crippen LogP contribution < -0.4 is 5.32 Å². The fourth-order valence-electron chi connectivity index (χ4n) is 1.08. The van der Waals surface area contributed by atoms with Crippen molar-refractivity contribution < 1.29 is 19.1 Å². The Morgan fingerprint density at radius 2 is 1.88 bits per heavy atom. The predicted octanol–water partition coefficient (Wildman–Crippen LogP) is 0.325. The summed E-state index contributed by atoms with van der Waals surface area (Å²) in [6, 6.07) is 0. The minimum absolute atomic E-state index is 0.00972. The zero-order valence-electron chi connectivity index (χ0n) is 9.37. The number of hydrogen-bond donors (Lipinski definition) is 1. The highest BCUT2D eigenvalue weighted by Crippen LogP contribution is 2.10. The van der Waals surface area contributed by atoms with Gasteiger partial charge in [0.25, 0.3) is 0 Å². The van der Waals surface area contributed by atoms with Gasteiger partial charge in [-0.15, -0.1) is 0 Å². The molecule has 0 aromatic heterocycles. The van der Waals surface area contributed by atoms with Crippen LogP contribution in [0.5, 0.6) is 0 Å². The van der Waals surface area contributed by atoms with Crippen molar-refractivity contribution in [3.63, 3.8) is 0 Å². The maximum atomic E-state index is 11.5. The molecule has 0 aromatic rings. The van der Waals surface area contributed by atoms with Crippen LogP contribution in [0.4, 0.5) is 0 Å². The smallest absolute Gasteiger partial charge is 0.227 e. The van der Waals surface area contributed by atoms with Gasteiger partial charge < -0.3 is 10.1 Å². The second kappa shape index (κ2) is 4.74. The lowest BCUT2D eigenvalue weighted by molar-refractivity contribution is -0.124. The van der Waals surface area contributed by atoms with Gasteiger partial charge in [-0.3, -0.25) is 14.4 Å². The van der Waals surface area contributed by atoms with Crippen molar-refractivity contribution in [3.8, 4) is 0 Å². The number of carbonyl (C=O) groups excluding carboxylic acids is 3. The molecule has 0 fully saturated rings. The fourth-order valence-corrected chi connectivity index (χ4v) is 1.08. The number of allylic oxidation sites excluding steroid dienone is 2. The summed E-state index contributed by atoms with van der Waals surface area (Å²) in [6.45, 7) is 3.39. The third-order valence-electron chi connectivity index (χ3n) is 2.05. The van der Waals surface area contributed by atoms with Gasteiger partial charge in [0.2, 0.25) is 17.5 Å². The lowest BCUT2D eigenvalue weighted by Gasteiger charge is -2.13. The molecule has 0 saturated carbocycles. The van der Waals surface area contributed by atoms with Gasteiger partial charge in [0, 0.05) is 18.1 Å². The quantitative estimate of drug-likeness (QED) is 0.699. The normalized spacial score (nSPS) is 15.8. The topological polar surface area (TPSA) is 72.5 Å². The molecule has 0 radical (unpaired) electrons. The molecular weight excluding hydrogens is 210 g/mol. The standard InChI is InChI=1S/C11H13NO4/c1-6(2)11(15)12-7-4-9(14)10(16-3)5-8(7)13/h4-6H,1-3H3,(H,12,15). The molecule has 5 heteroatoms. The van der Waals surface area contributed by atoms with E-state index in [0.29, 0.717) is 0 Å². The lowest BCUT2D eigenvalue weighted by Crippen LogP contribution is -2.32. The Balaban J connectivity index is 2.82. The second-order valence-electron chi connectivity index (χ2n) is 3.64. The molecule has 16 heavy (non-hydrogen) atoms. The first-order chi connectivity index (χ1) is 7.45. The van der Waals surface area contributed by atoms with E-state index in [-0.39, 0.29) is 23.3 Å². The Morgan fingerprint density at radius 1 is 1.25 bits per heavy atom. The van der Waals surface area contributed by atoms with Gasteiger partial charge >= 0.3 is 0 Å². The van der Waals surface area contributed by atoms with Crippen molar-refractivity contribution in [2.24, 2.45) is 5.92 Å². The molecule has 0 aromatic carbocycles. The van der Waals surface area contributed by atoms with E-state index >= 15 is 0 Å². The number of ether oxygens (including phenoxy) is 1. The van der Waals surface area contributed by atoms with Gasteiger partial charge in [-0.2, -0.15) is 0 Å². The molecule has 0 spiro atoms. The first-order valence-corrected chi connectivity index (χ1v) is 4.82. The van der Waals surface area contributed by atoms with Crippen LogP contribution in [-0.4, -0.2) is 24.6 Å². The van der Waals surface area contributed by atoms with Gasteiger partial charge in [0.05, 0.1) is 12.8 Å². The van der Waals surface area contributed by atoms with E-state index in [0.717, 1.165) is 12.2 Å². The number of rotatable bonds is 3. The van der Waals surface area contributed by atoms with E-state index in [1.165, 1.54) is 7.11 Å². The summed E-state index contributed by atoms with van der Waals surface area (Å²) in [5.74, 6) is -1.45. The Morgan fingerprint density at radius 3 is 2.38 bits per heavy atom. The predicted molar refractivity (Wildman–Crippen MR) is 56.2 cm³/mol. The van der Waals surface area contributed by atoms with E-state index in [2.05, 4.69) is 5.32 Å². The molecule has 0 saturated heterocycles. The SMILES string of the molecule is COC1=CC(=O)C(NC(=O)C(C)C)=CC1=O. The van der Waals surface area contributed by atoms with Crippen molar-refractivity contribution in [3.05, 3.63) is 23.6 Å². The summed E-state index contributed by atoms with van der Waals surface area (Å²) in [7, 11) is 1.31. The number of methoxy groups -OCH3 is 1. The van der Waals surface area contributed by atoms with E-state index in [1.807, 2.05) is 0 Å². The number of ketones is 2. The molecule has 1 rings (SSSR count). The van der Waals surface area contributed by atoms with Crippen molar-refractivity contribution in [1.82, 2.24) is 5.32 Å². The minimum atomic E-state index is -0.439. The maximum absolute atomic E-state index is 11.5. The van der Waals surface area contributed by atoms with Gasteiger partial charge in [-0.05, 0) is 0 Å². The van der Waals surface area contributed by atoms with Crippen molar-refractivity contribution in [1.29, 1.82) is 0 Å². The first-order valence-electron chi connectivity index (χ1n) is 4.82. The summed E-state index contributed by atoms with van der Waals surface area (Å²) in [5, 5.41) is 2.39. The van der Waals surface area contributed by atoms with Crippen LogP contribution in [0.15, 0.2) is 23.6 Å². The van der Waals surface area contributed by atoms with E-state index < -0.39 is 11.6 Å². The van der Waals surface area contributed by atoms with Gasteiger partial charge in [0.1, 0.15) is 0 Å². The van der Waals surface area contributed by atoms with E-state index in [4.69, 9.17) is 4.74 Å². The van der Waals surface area contributed by atoms with Crippen LogP contribution in [0.3, 0.4) is 0 Å². The summed E-state index contributed by atoms with van der Waals surface area (Å²) >= 11 is 0. The monoisotopic (exact) mass is 223 g/mol. The van der Waals surface area contributed by atoms with Gasteiger partial charge in [0.15, 0.2) is 5.76 Å². The van der Waals surface area contributed by atoms with Crippen LogP contribution in [0, 0.1) is 5.92 Å². The molecule has 0 heterocycles. The van der Waals surface area contributed by atoms with Crippen molar-refractivity contribution in [2.75, 3.05) is 7.11 Å². The minimum Gasteiger partial charge on any atom is -0.493 e. The molecule has 1 aliphatic carbocycles. The van der Waals surface area contributed by atoms with E-state index in [1.54, 1.807) is 13.8 Å². The third-order valence-corrected chi connectivity index (χ3v) is 2.05. The molecule has 1 N–H and O–H groups in total. The highest BCUT2D eigenvalue weighted by Gasteiger charge is 2.22. The van der Waals surface area contributed by atoms with Crippen LogP contribution in [-0.2, 0) is 19.1 Å². The molecule has 0 bridgehead atoms. The summed E-state index contributed by atoms with van der Waals surface area (Å²) in [4.78, 5) is 34.2. The molecular formula is C11H13NO4. The summed E-state index contributed by atoms with van der Waals surface area (Å²) < 4.78 is 4.71. The average Bonchev–Trinajstić information content (AvgIpc) is 2.22. The summed E-state index contributed by atoms with van der Waals surface area (Å²) in [6.07, 6.45) is 2.14. The first kappa shape index (κ1) is 12.2. The number of hydrogen-bond acceptors (Lipinski definition) is 4. The number of nitrogens with one attached hydrogen (secondary N) is 1. The number of carbonyl (C=O) groups is 3. The van der Waals surface area contributed by atoms with Gasteiger partial charge in [-0.1, -0.05) is 13.8 Å². The van der Waals surface area contributed by atoms with Crippen LogP contribution in [0.25, 0.3) is 0 Å². The Kier molecular flexibility index (Phi) is 3.60. The van der Waals surface area contributed by atoms with Crippen molar-refractivity contribution in [2.45, 2.75) is 13.8 Å². The van der Waals surface area contributed by atoms with E-state index in [9.17, 15) is 14.4 Å². The van der Waals surface area contributed by atoms with Gasteiger partial charge in [-0.25, -0.2) is 0 Å². The van der Waals surface area contributed by atoms with Crippen LogP contribution in [0.2, 0.25) is 0 Å². The second-order valence-corrected chi connectivity index (χ2v) is 3.64. The third kappa shape index (κ3) is 2.56. The zero-order valence-corrected chi connectivity index (χ0v) is 9.37. The number of amides is 1.